The summed E-state index contributed by atoms with van der Waals surface area (Å²) in [6.45, 7) is 6.03. The predicted molar refractivity (Wildman–Crippen MR) is 78.0 cm³/mol. The summed E-state index contributed by atoms with van der Waals surface area (Å²) in [5.74, 6) is -0.122. The Labute approximate surface area is 120 Å². The Morgan fingerprint density at radius 1 is 1.30 bits per heavy atom. The van der Waals surface area contributed by atoms with Gasteiger partial charge in [-0.05, 0) is 25.8 Å². The van der Waals surface area contributed by atoms with Gasteiger partial charge in [0, 0.05) is 6.04 Å². The van der Waals surface area contributed by atoms with Crippen molar-refractivity contribution in [2.24, 2.45) is 0 Å². The highest BCUT2D eigenvalue weighted by atomic mass is 16.2. The van der Waals surface area contributed by atoms with Crippen LogP contribution in [0.25, 0.3) is 0 Å². The Balaban J connectivity index is 2.34. The van der Waals surface area contributed by atoms with Crippen LogP contribution in [0, 0.1) is 0 Å². The Morgan fingerprint density at radius 3 is 2.55 bits per heavy atom. The molecule has 2 amide bonds. The Bertz CT molecular complexity index is 500. The number of rotatable bonds is 4. The highest BCUT2D eigenvalue weighted by Gasteiger charge is 2.45. The van der Waals surface area contributed by atoms with Gasteiger partial charge in [0.2, 0.25) is 5.91 Å². The molecule has 0 radical (unpaired) electrons. The first-order valence-electron chi connectivity index (χ1n) is 7.16. The molecule has 108 valence electrons. The normalized spacial score (nSPS) is 24.4. The van der Waals surface area contributed by atoms with E-state index in [2.05, 4.69) is 12.2 Å². The molecule has 1 heterocycles. The smallest absolute Gasteiger partial charge is 0.253 e. The fourth-order valence-electron chi connectivity index (χ4n) is 2.78. The fourth-order valence-corrected chi connectivity index (χ4v) is 2.78. The summed E-state index contributed by atoms with van der Waals surface area (Å²) < 4.78 is 0. The lowest BCUT2D eigenvalue weighted by atomic mass is 9.87. The van der Waals surface area contributed by atoms with Crippen LogP contribution in [-0.4, -0.2) is 29.3 Å². The third-order valence-electron chi connectivity index (χ3n) is 3.98. The van der Waals surface area contributed by atoms with Crippen LogP contribution >= 0.6 is 0 Å². The van der Waals surface area contributed by atoms with Gasteiger partial charge in [-0.15, -0.1) is 0 Å². The van der Waals surface area contributed by atoms with Crippen molar-refractivity contribution in [3.8, 4) is 0 Å². The number of carbonyl (C=O) groups excluding carboxylic acids is 2. The molecule has 1 N–H and O–H groups in total. The van der Waals surface area contributed by atoms with Gasteiger partial charge >= 0.3 is 0 Å². The van der Waals surface area contributed by atoms with Crippen LogP contribution in [0.3, 0.4) is 0 Å². The molecule has 1 aromatic carbocycles. The number of piperazine rings is 1. The highest BCUT2D eigenvalue weighted by Crippen LogP contribution is 2.27. The van der Waals surface area contributed by atoms with E-state index in [-0.39, 0.29) is 24.4 Å². The predicted octanol–water partition coefficient (Wildman–Crippen LogP) is 2.05. The topological polar surface area (TPSA) is 49.4 Å². The van der Waals surface area contributed by atoms with E-state index in [1.165, 1.54) is 0 Å². The summed E-state index contributed by atoms with van der Waals surface area (Å²) in [4.78, 5) is 26.5. The van der Waals surface area contributed by atoms with E-state index >= 15 is 0 Å². The van der Waals surface area contributed by atoms with E-state index in [1.54, 1.807) is 11.8 Å². The van der Waals surface area contributed by atoms with Gasteiger partial charge in [0.05, 0.1) is 6.54 Å². The SMILES string of the molecule is CCCC(C)N1CC(=O)NC(C)(c2ccccc2)C1=O. The maximum Gasteiger partial charge on any atom is 0.253 e. The number of hydrogen-bond donors (Lipinski definition) is 1. The molecule has 20 heavy (non-hydrogen) atoms. The summed E-state index contributed by atoms with van der Waals surface area (Å²) >= 11 is 0. The third kappa shape index (κ3) is 2.55. The highest BCUT2D eigenvalue weighted by molar-refractivity contribution is 5.98. The molecule has 1 fully saturated rings. The van der Waals surface area contributed by atoms with Gasteiger partial charge in [0.25, 0.3) is 5.91 Å². The minimum Gasteiger partial charge on any atom is -0.337 e. The summed E-state index contributed by atoms with van der Waals surface area (Å²) in [5, 5.41) is 2.86. The third-order valence-corrected chi connectivity index (χ3v) is 3.98. The van der Waals surface area contributed by atoms with Crippen molar-refractivity contribution < 1.29 is 9.59 Å². The van der Waals surface area contributed by atoms with Crippen molar-refractivity contribution in [3.63, 3.8) is 0 Å². The molecular weight excluding hydrogens is 252 g/mol. The lowest BCUT2D eigenvalue weighted by Crippen LogP contribution is -2.64. The monoisotopic (exact) mass is 274 g/mol. The number of amides is 2. The van der Waals surface area contributed by atoms with Crippen LogP contribution in [-0.2, 0) is 15.1 Å². The lowest BCUT2D eigenvalue weighted by molar-refractivity contribution is -0.152. The zero-order valence-corrected chi connectivity index (χ0v) is 12.3. The first-order valence-corrected chi connectivity index (χ1v) is 7.16. The molecule has 2 atom stereocenters. The molecule has 1 saturated heterocycles. The number of benzene rings is 1. The van der Waals surface area contributed by atoms with Crippen LogP contribution in [0.4, 0.5) is 0 Å². The second-order valence-corrected chi connectivity index (χ2v) is 5.61. The average Bonchev–Trinajstić information content (AvgIpc) is 2.44. The molecule has 2 rings (SSSR count). The van der Waals surface area contributed by atoms with Crippen LogP contribution in [0.15, 0.2) is 30.3 Å². The van der Waals surface area contributed by atoms with Crippen molar-refractivity contribution in [2.75, 3.05) is 6.54 Å². The van der Waals surface area contributed by atoms with Crippen molar-refractivity contribution in [3.05, 3.63) is 35.9 Å². The van der Waals surface area contributed by atoms with Gasteiger partial charge in [0.15, 0.2) is 0 Å². The zero-order chi connectivity index (χ0) is 14.8. The van der Waals surface area contributed by atoms with Crippen LogP contribution < -0.4 is 5.32 Å². The fraction of sp³-hybridized carbons (Fsp3) is 0.500. The molecule has 1 aliphatic heterocycles. The Kier molecular flexibility index (Phi) is 4.12. The van der Waals surface area contributed by atoms with E-state index < -0.39 is 5.54 Å². The number of nitrogens with one attached hydrogen (secondary N) is 1. The average molecular weight is 274 g/mol. The van der Waals surface area contributed by atoms with Gasteiger partial charge in [-0.25, -0.2) is 0 Å². The molecule has 0 aliphatic carbocycles. The van der Waals surface area contributed by atoms with Crippen molar-refractivity contribution in [1.82, 2.24) is 10.2 Å². The number of hydrogen-bond acceptors (Lipinski definition) is 2. The molecule has 0 aromatic heterocycles. The standard InChI is InChI=1S/C16H22N2O2/c1-4-8-12(2)18-11-14(19)17-16(3,15(18)20)13-9-6-5-7-10-13/h5-7,9-10,12H,4,8,11H2,1-3H3,(H,17,19). The van der Waals surface area contributed by atoms with E-state index in [0.717, 1.165) is 18.4 Å². The van der Waals surface area contributed by atoms with E-state index in [4.69, 9.17) is 0 Å². The Morgan fingerprint density at radius 2 is 1.95 bits per heavy atom. The Hall–Kier alpha value is -1.84. The van der Waals surface area contributed by atoms with Gasteiger partial charge in [-0.3, -0.25) is 9.59 Å². The van der Waals surface area contributed by atoms with Crippen molar-refractivity contribution in [2.45, 2.75) is 45.2 Å². The first-order chi connectivity index (χ1) is 9.49. The van der Waals surface area contributed by atoms with Crippen LogP contribution in [0.2, 0.25) is 0 Å². The van der Waals surface area contributed by atoms with Crippen LogP contribution in [0.5, 0.6) is 0 Å². The minimum absolute atomic E-state index is 0.0238. The molecule has 0 saturated carbocycles. The number of nitrogens with zero attached hydrogens (tertiary/aromatic N) is 1. The number of carbonyl (C=O) groups is 2. The summed E-state index contributed by atoms with van der Waals surface area (Å²) in [7, 11) is 0. The van der Waals surface area contributed by atoms with Crippen molar-refractivity contribution in [1.29, 1.82) is 0 Å². The minimum atomic E-state index is -0.960. The van der Waals surface area contributed by atoms with E-state index in [0.29, 0.717) is 0 Å². The first kappa shape index (κ1) is 14.6. The van der Waals surface area contributed by atoms with E-state index in [9.17, 15) is 9.59 Å². The molecule has 4 heteroatoms. The second kappa shape index (κ2) is 5.65. The quantitative estimate of drug-likeness (QED) is 0.913. The second-order valence-electron chi connectivity index (χ2n) is 5.61. The maximum absolute atomic E-state index is 12.8. The summed E-state index contributed by atoms with van der Waals surface area (Å²) in [6.07, 6.45) is 1.90. The zero-order valence-electron chi connectivity index (χ0n) is 12.3. The van der Waals surface area contributed by atoms with Gasteiger partial charge in [-0.1, -0.05) is 43.7 Å². The van der Waals surface area contributed by atoms with Gasteiger partial charge in [0.1, 0.15) is 5.54 Å². The molecule has 0 spiro atoms. The molecule has 2 unspecified atom stereocenters. The summed E-state index contributed by atoms with van der Waals surface area (Å²) in [5.41, 5.74) is -0.134. The van der Waals surface area contributed by atoms with Crippen molar-refractivity contribution >= 4 is 11.8 Å². The van der Waals surface area contributed by atoms with Gasteiger partial charge < -0.3 is 10.2 Å². The van der Waals surface area contributed by atoms with Crippen LogP contribution in [0.1, 0.15) is 39.2 Å². The molecule has 0 bridgehead atoms. The van der Waals surface area contributed by atoms with E-state index in [1.807, 2.05) is 37.3 Å². The maximum atomic E-state index is 12.8. The molecular formula is C16H22N2O2. The molecule has 1 aromatic rings. The summed E-state index contributed by atoms with van der Waals surface area (Å²) in [6, 6.07) is 9.52. The van der Waals surface area contributed by atoms with Gasteiger partial charge in [-0.2, -0.15) is 0 Å². The molecule has 4 nitrogen and oxygen atoms in total. The largest absolute Gasteiger partial charge is 0.337 e. The molecule has 1 aliphatic rings. The lowest BCUT2D eigenvalue weighted by Gasteiger charge is -2.42.